The molecule has 1 saturated heterocycles. The number of carbonyl (C=O) groups is 1. The Balaban J connectivity index is 2.04. The van der Waals surface area contributed by atoms with E-state index >= 15 is 0 Å². The normalized spacial score (nSPS) is 19.0. The quantitative estimate of drug-likeness (QED) is 0.882. The number of anilines is 1. The first-order chi connectivity index (χ1) is 8.70. The summed E-state index contributed by atoms with van der Waals surface area (Å²) in [6.07, 6.45) is 3.09. The smallest absolute Gasteiger partial charge is 0.241 e. The number of nitriles is 1. The van der Waals surface area contributed by atoms with E-state index in [1.165, 1.54) is 0 Å². The molecule has 94 valence electrons. The molecule has 0 aliphatic carbocycles. The van der Waals surface area contributed by atoms with E-state index in [1.807, 2.05) is 0 Å². The molecule has 1 atom stereocenters. The van der Waals surface area contributed by atoms with Crippen molar-refractivity contribution >= 4 is 27.5 Å². The Hall–Kier alpha value is -1.38. The molecule has 0 aromatic heterocycles. The van der Waals surface area contributed by atoms with E-state index in [4.69, 9.17) is 5.26 Å². The van der Waals surface area contributed by atoms with E-state index in [2.05, 4.69) is 32.6 Å². The van der Waals surface area contributed by atoms with Crippen molar-refractivity contribution in [3.63, 3.8) is 0 Å². The average Bonchev–Trinajstić information content (AvgIpc) is 2.42. The summed E-state index contributed by atoms with van der Waals surface area (Å²) in [5.41, 5.74) is 1.27. The van der Waals surface area contributed by atoms with Crippen molar-refractivity contribution in [2.75, 3.05) is 11.9 Å². The molecule has 1 aliphatic rings. The van der Waals surface area contributed by atoms with Gasteiger partial charge >= 0.3 is 0 Å². The minimum absolute atomic E-state index is 0.0138. The van der Waals surface area contributed by atoms with Gasteiger partial charge in [-0.2, -0.15) is 5.26 Å². The van der Waals surface area contributed by atoms with Gasteiger partial charge in [0.15, 0.2) is 0 Å². The number of rotatable bonds is 2. The second kappa shape index (κ2) is 5.98. The van der Waals surface area contributed by atoms with Gasteiger partial charge in [0, 0.05) is 4.47 Å². The molecule has 0 spiro atoms. The van der Waals surface area contributed by atoms with Gasteiger partial charge in [-0.25, -0.2) is 0 Å². The summed E-state index contributed by atoms with van der Waals surface area (Å²) < 4.78 is 0.728. The Morgan fingerprint density at radius 3 is 2.94 bits per heavy atom. The topological polar surface area (TPSA) is 64.9 Å². The van der Waals surface area contributed by atoms with Gasteiger partial charge in [0.05, 0.1) is 23.4 Å². The summed E-state index contributed by atoms with van der Waals surface area (Å²) in [4.78, 5) is 12.0. The number of nitrogens with zero attached hydrogens (tertiary/aromatic N) is 1. The Morgan fingerprint density at radius 2 is 2.33 bits per heavy atom. The predicted molar refractivity (Wildman–Crippen MR) is 73.1 cm³/mol. The van der Waals surface area contributed by atoms with Crippen LogP contribution in [0.1, 0.15) is 24.8 Å². The lowest BCUT2D eigenvalue weighted by molar-refractivity contribution is -0.118. The van der Waals surface area contributed by atoms with Crippen LogP contribution in [-0.4, -0.2) is 18.5 Å². The highest BCUT2D eigenvalue weighted by atomic mass is 79.9. The first-order valence-electron chi connectivity index (χ1n) is 5.94. The first kappa shape index (κ1) is 13.1. The largest absolute Gasteiger partial charge is 0.324 e. The zero-order valence-corrected chi connectivity index (χ0v) is 11.5. The molecule has 18 heavy (non-hydrogen) atoms. The Labute approximate surface area is 115 Å². The minimum Gasteiger partial charge on any atom is -0.324 e. The number of hydrogen-bond acceptors (Lipinski definition) is 3. The fraction of sp³-hybridized carbons (Fsp3) is 0.385. The van der Waals surface area contributed by atoms with Crippen LogP contribution in [-0.2, 0) is 4.79 Å². The van der Waals surface area contributed by atoms with Crippen LogP contribution >= 0.6 is 15.9 Å². The van der Waals surface area contributed by atoms with Crippen molar-refractivity contribution in [3.05, 3.63) is 28.2 Å². The molecule has 1 aliphatic heterocycles. The highest BCUT2D eigenvalue weighted by molar-refractivity contribution is 9.10. The monoisotopic (exact) mass is 307 g/mol. The number of benzene rings is 1. The molecule has 1 amide bonds. The molecule has 0 radical (unpaired) electrons. The number of carbonyl (C=O) groups excluding carboxylic acids is 1. The molecule has 0 bridgehead atoms. The molecule has 2 rings (SSSR count). The fourth-order valence-electron chi connectivity index (χ4n) is 1.98. The van der Waals surface area contributed by atoms with Crippen molar-refractivity contribution < 1.29 is 4.79 Å². The van der Waals surface area contributed by atoms with Crippen molar-refractivity contribution in [3.8, 4) is 6.07 Å². The highest BCUT2D eigenvalue weighted by Gasteiger charge is 2.20. The van der Waals surface area contributed by atoms with Gasteiger partial charge in [-0.1, -0.05) is 6.42 Å². The van der Waals surface area contributed by atoms with Crippen molar-refractivity contribution in [1.29, 1.82) is 5.26 Å². The van der Waals surface area contributed by atoms with Gasteiger partial charge in [-0.3, -0.25) is 4.79 Å². The van der Waals surface area contributed by atoms with Crippen LogP contribution in [0.15, 0.2) is 22.7 Å². The molecular weight excluding hydrogens is 294 g/mol. The van der Waals surface area contributed by atoms with Gasteiger partial charge in [-0.15, -0.1) is 0 Å². The van der Waals surface area contributed by atoms with E-state index in [0.717, 1.165) is 30.3 Å². The van der Waals surface area contributed by atoms with E-state index in [-0.39, 0.29) is 11.9 Å². The maximum atomic E-state index is 12.0. The van der Waals surface area contributed by atoms with Gasteiger partial charge < -0.3 is 10.6 Å². The predicted octanol–water partition coefficient (Wildman–Crippen LogP) is 2.40. The maximum Gasteiger partial charge on any atom is 0.241 e. The number of halogens is 1. The van der Waals surface area contributed by atoms with Gasteiger partial charge in [0.25, 0.3) is 0 Å². The number of piperidine rings is 1. The highest BCUT2D eigenvalue weighted by Crippen LogP contribution is 2.24. The van der Waals surface area contributed by atoms with Crippen molar-refractivity contribution in [1.82, 2.24) is 5.32 Å². The lowest BCUT2D eigenvalue weighted by atomic mass is 10.0. The SMILES string of the molecule is N#Cc1ccc(NC(=O)[C@H]2CCCCN2)c(Br)c1. The zero-order chi connectivity index (χ0) is 13.0. The van der Waals surface area contributed by atoms with Gasteiger partial charge in [0.1, 0.15) is 0 Å². The van der Waals surface area contributed by atoms with Gasteiger partial charge in [0.2, 0.25) is 5.91 Å². The second-order valence-electron chi connectivity index (χ2n) is 4.30. The average molecular weight is 308 g/mol. The molecule has 1 fully saturated rings. The first-order valence-corrected chi connectivity index (χ1v) is 6.74. The van der Waals surface area contributed by atoms with E-state index < -0.39 is 0 Å². The summed E-state index contributed by atoms with van der Waals surface area (Å²) in [5.74, 6) is -0.0138. The number of amides is 1. The molecule has 4 nitrogen and oxygen atoms in total. The van der Waals surface area contributed by atoms with Crippen LogP contribution in [0.5, 0.6) is 0 Å². The second-order valence-corrected chi connectivity index (χ2v) is 5.15. The van der Waals surface area contributed by atoms with Crippen LogP contribution in [0, 0.1) is 11.3 Å². The maximum absolute atomic E-state index is 12.0. The van der Waals surface area contributed by atoms with Crippen LogP contribution < -0.4 is 10.6 Å². The summed E-state index contributed by atoms with van der Waals surface area (Å²) in [5, 5.41) is 14.8. The third-order valence-corrected chi connectivity index (χ3v) is 3.64. The van der Waals surface area contributed by atoms with E-state index in [9.17, 15) is 4.79 Å². The Kier molecular flexibility index (Phi) is 4.34. The summed E-state index contributed by atoms with van der Waals surface area (Å²) >= 11 is 3.35. The zero-order valence-electron chi connectivity index (χ0n) is 9.87. The molecule has 1 heterocycles. The molecule has 0 saturated carbocycles. The molecule has 0 unspecified atom stereocenters. The van der Waals surface area contributed by atoms with E-state index in [0.29, 0.717) is 11.3 Å². The molecule has 2 N–H and O–H groups in total. The van der Waals surface area contributed by atoms with Crippen molar-refractivity contribution in [2.45, 2.75) is 25.3 Å². The third-order valence-electron chi connectivity index (χ3n) is 2.98. The van der Waals surface area contributed by atoms with E-state index in [1.54, 1.807) is 18.2 Å². The molecule has 1 aromatic carbocycles. The van der Waals surface area contributed by atoms with Crippen LogP contribution in [0.25, 0.3) is 0 Å². The Bertz CT molecular complexity index is 489. The number of hydrogen-bond donors (Lipinski definition) is 2. The van der Waals surface area contributed by atoms with Gasteiger partial charge in [-0.05, 0) is 53.5 Å². The fourth-order valence-corrected chi connectivity index (χ4v) is 2.46. The van der Waals surface area contributed by atoms with Crippen LogP contribution in [0.2, 0.25) is 0 Å². The third kappa shape index (κ3) is 3.09. The van der Waals surface area contributed by atoms with Crippen molar-refractivity contribution in [2.24, 2.45) is 0 Å². The minimum atomic E-state index is -0.110. The summed E-state index contributed by atoms with van der Waals surface area (Å²) in [7, 11) is 0. The molecular formula is C13H14BrN3O. The Morgan fingerprint density at radius 1 is 1.50 bits per heavy atom. The van der Waals surface area contributed by atoms with Crippen LogP contribution in [0.4, 0.5) is 5.69 Å². The molecule has 1 aromatic rings. The standard InChI is InChI=1S/C13H14BrN3O/c14-10-7-9(8-15)4-5-11(10)17-13(18)12-3-1-2-6-16-12/h4-5,7,12,16H,1-3,6H2,(H,17,18)/t12-/m1/s1. The number of nitrogens with one attached hydrogen (secondary N) is 2. The lowest BCUT2D eigenvalue weighted by Gasteiger charge is -2.22. The summed E-state index contributed by atoms with van der Waals surface area (Å²) in [6, 6.07) is 7.07. The van der Waals surface area contributed by atoms with Crippen LogP contribution in [0.3, 0.4) is 0 Å². The molecule has 5 heteroatoms. The summed E-state index contributed by atoms with van der Waals surface area (Å²) in [6.45, 7) is 0.895. The lowest BCUT2D eigenvalue weighted by Crippen LogP contribution is -2.43.